The van der Waals surface area contributed by atoms with Crippen molar-refractivity contribution in [3.8, 4) is 11.1 Å². The fraction of sp³-hybridized carbons (Fsp3) is 0.316. The Morgan fingerprint density at radius 3 is 2.22 bits per heavy atom. The van der Waals surface area contributed by atoms with Gasteiger partial charge >= 0.3 is 12.1 Å². The Morgan fingerprint density at radius 1 is 1.15 bits per heavy atom. The molecular formula is C19H18ClF4NO2. The van der Waals surface area contributed by atoms with Crippen LogP contribution in [-0.2, 0) is 4.79 Å². The molecule has 2 aromatic carbocycles. The van der Waals surface area contributed by atoms with E-state index < -0.39 is 30.0 Å². The summed E-state index contributed by atoms with van der Waals surface area (Å²) in [5.41, 5.74) is 1.01. The third-order valence-corrected chi connectivity index (χ3v) is 4.36. The van der Waals surface area contributed by atoms with Crippen molar-refractivity contribution < 1.29 is 27.5 Å². The molecule has 0 heterocycles. The molecule has 0 fully saturated rings. The van der Waals surface area contributed by atoms with Crippen molar-refractivity contribution in [2.45, 2.75) is 38.0 Å². The summed E-state index contributed by atoms with van der Waals surface area (Å²) >= 11 is 5.73. The Balaban J connectivity index is 2.31. The first-order valence-electron chi connectivity index (χ1n) is 8.24. The van der Waals surface area contributed by atoms with Crippen LogP contribution in [0.15, 0.2) is 42.5 Å². The number of carboxylic acid groups (broad SMARTS) is 1. The number of hydrogen-bond acceptors (Lipinski definition) is 2. The van der Waals surface area contributed by atoms with Gasteiger partial charge in [0.25, 0.3) is 0 Å². The smallest absolute Gasteiger partial charge is 0.407 e. The highest BCUT2D eigenvalue weighted by Crippen LogP contribution is 2.34. The van der Waals surface area contributed by atoms with Crippen LogP contribution in [0.1, 0.15) is 31.4 Å². The van der Waals surface area contributed by atoms with Gasteiger partial charge in [0.15, 0.2) is 0 Å². The summed E-state index contributed by atoms with van der Waals surface area (Å²) in [6.45, 7) is 1.70. The van der Waals surface area contributed by atoms with Crippen LogP contribution in [0.2, 0.25) is 5.02 Å². The van der Waals surface area contributed by atoms with Crippen molar-refractivity contribution in [3.63, 3.8) is 0 Å². The molecule has 0 aliphatic heterocycles. The first-order chi connectivity index (χ1) is 12.6. The number of nitrogens with one attached hydrogen (secondary N) is 1. The van der Waals surface area contributed by atoms with Crippen LogP contribution in [0.3, 0.4) is 0 Å². The Labute approximate surface area is 159 Å². The Kier molecular flexibility index (Phi) is 6.84. The quantitative estimate of drug-likeness (QED) is 0.592. The van der Waals surface area contributed by atoms with Gasteiger partial charge in [-0.25, -0.2) is 4.39 Å². The highest BCUT2D eigenvalue weighted by molar-refractivity contribution is 6.31. The molecular weight excluding hydrogens is 386 g/mol. The predicted octanol–water partition coefficient (Wildman–Crippen LogP) is 5.59. The lowest BCUT2D eigenvalue weighted by Crippen LogP contribution is -2.44. The minimum atomic E-state index is -4.66. The zero-order valence-corrected chi connectivity index (χ0v) is 15.1. The van der Waals surface area contributed by atoms with Crippen molar-refractivity contribution in [3.05, 3.63) is 58.9 Å². The van der Waals surface area contributed by atoms with E-state index in [2.05, 4.69) is 5.32 Å². The molecule has 0 saturated carbocycles. The first kappa shape index (κ1) is 21.2. The van der Waals surface area contributed by atoms with Gasteiger partial charge in [0.2, 0.25) is 0 Å². The van der Waals surface area contributed by atoms with Gasteiger partial charge in [-0.05, 0) is 35.2 Å². The lowest BCUT2D eigenvalue weighted by Gasteiger charge is -2.26. The van der Waals surface area contributed by atoms with Crippen LogP contribution < -0.4 is 5.32 Å². The van der Waals surface area contributed by atoms with Gasteiger partial charge < -0.3 is 5.11 Å². The van der Waals surface area contributed by atoms with Crippen molar-refractivity contribution >= 4 is 17.6 Å². The Morgan fingerprint density at radius 2 is 1.74 bits per heavy atom. The number of aliphatic carboxylic acids is 1. The third kappa shape index (κ3) is 5.43. The Bertz CT molecular complexity index is 793. The molecule has 146 valence electrons. The van der Waals surface area contributed by atoms with E-state index >= 15 is 0 Å². The molecule has 2 atom stereocenters. The number of halogens is 5. The minimum Gasteiger partial charge on any atom is -0.480 e. The molecule has 27 heavy (non-hydrogen) atoms. The van der Waals surface area contributed by atoms with Gasteiger partial charge in [0.1, 0.15) is 17.9 Å². The van der Waals surface area contributed by atoms with E-state index in [4.69, 9.17) is 16.7 Å². The molecule has 3 nitrogen and oxygen atoms in total. The number of hydrogen-bond donors (Lipinski definition) is 2. The number of alkyl halides is 3. The van der Waals surface area contributed by atoms with E-state index in [1.165, 1.54) is 42.5 Å². The molecule has 0 aliphatic carbocycles. The largest absolute Gasteiger partial charge is 0.480 e. The van der Waals surface area contributed by atoms with Crippen molar-refractivity contribution in [2.24, 2.45) is 0 Å². The Hall–Kier alpha value is -2.12. The van der Waals surface area contributed by atoms with Crippen LogP contribution in [0.25, 0.3) is 11.1 Å². The predicted molar refractivity (Wildman–Crippen MR) is 95.1 cm³/mol. The second-order valence-electron chi connectivity index (χ2n) is 6.07. The van der Waals surface area contributed by atoms with Gasteiger partial charge in [0, 0.05) is 0 Å². The average molecular weight is 404 g/mol. The van der Waals surface area contributed by atoms with Crippen molar-refractivity contribution in [2.75, 3.05) is 0 Å². The van der Waals surface area contributed by atoms with E-state index in [0.717, 1.165) is 0 Å². The SMILES string of the molecule is CCC[C@H](N[C@@H](c1ccc(-c2ccc(F)c(Cl)c2)cc1)C(F)(F)F)C(=O)O. The van der Waals surface area contributed by atoms with Crippen LogP contribution in [0, 0.1) is 5.82 Å². The molecule has 8 heteroatoms. The van der Waals surface area contributed by atoms with E-state index in [9.17, 15) is 22.4 Å². The maximum absolute atomic E-state index is 13.5. The standard InChI is InChI=1S/C19H18ClF4NO2/c1-2-3-16(18(26)27)25-17(19(22,23)24)12-6-4-11(5-7-12)13-8-9-15(21)14(20)10-13/h4-10,16-17,25H,2-3H2,1H3,(H,26,27)/t16-,17-/m0/s1. The van der Waals surface area contributed by atoms with E-state index in [1.54, 1.807) is 6.92 Å². The topological polar surface area (TPSA) is 49.3 Å². The molecule has 0 radical (unpaired) electrons. The van der Waals surface area contributed by atoms with E-state index in [0.29, 0.717) is 17.5 Å². The molecule has 0 spiro atoms. The summed E-state index contributed by atoms with van der Waals surface area (Å²) in [6.07, 6.45) is -4.16. The molecule has 0 unspecified atom stereocenters. The fourth-order valence-electron chi connectivity index (χ4n) is 2.69. The van der Waals surface area contributed by atoms with Gasteiger partial charge in [-0.2, -0.15) is 13.2 Å². The van der Waals surface area contributed by atoms with Crippen LogP contribution >= 0.6 is 11.6 Å². The average Bonchev–Trinajstić information content (AvgIpc) is 2.60. The molecule has 2 rings (SSSR count). The van der Waals surface area contributed by atoms with Crippen molar-refractivity contribution in [1.29, 1.82) is 0 Å². The van der Waals surface area contributed by atoms with Crippen molar-refractivity contribution in [1.82, 2.24) is 5.32 Å². The van der Waals surface area contributed by atoms with Gasteiger partial charge in [0.05, 0.1) is 5.02 Å². The monoisotopic (exact) mass is 403 g/mol. The van der Waals surface area contributed by atoms with Gasteiger partial charge in [-0.3, -0.25) is 10.1 Å². The van der Waals surface area contributed by atoms with E-state index in [-0.39, 0.29) is 17.0 Å². The number of carbonyl (C=O) groups is 1. The summed E-state index contributed by atoms with van der Waals surface area (Å²) in [7, 11) is 0. The first-order valence-corrected chi connectivity index (χ1v) is 8.62. The highest BCUT2D eigenvalue weighted by Gasteiger charge is 2.42. The summed E-state index contributed by atoms with van der Waals surface area (Å²) in [6, 6.07) is 6.04. The minimum absolute atomic E-state index is 0.0775. The summed E-state index contributed by atoms with van der Waals surface area (Å²) in [5.74, 6) is -1.92. The highest BCUT2D eigenvalue weighted by atomic mass is 35.5. The third-order valence-electron chi connectivity index (χ3n) is 4.07. The molecule has 0 aromatic heterocycles. The van der Waals surface area contributed by atoms with Crippen LogP contribution in [0.5, 0.6) is 0 Å². The summed E-state index contributed by atoms with van der Waals surface area (Å²) < 4.78 is 53.7. The van der Waals surface area contributed by atoms with Crippen LogP contribution in [0.4, 0.5) is 17.6 Å². The summed E-state index contributed by atoms with van der Waals surface area (Å²) in [5, 5.41) is 11.2. The maximum Gasteiger partial charge on any atom is 0.407 e. The van der Waals surface area contributed by atoms with Crippen LogP contribution in [-0.4, -0.2) is 23.3 Å². The second kappa shape index (κ2) is 8.71. The zero-order chi connectivity index (χ0) is 20.2. The normalized spacial score (nSPS) is 14.0. The molecule has 2 aromatic rings. The molecule has 0 saturated heterocycles. The zero-order valence-electron chi connectivity index (χ0n) is 14.4. The van der Waals surface area contributed by atoms with Gasteiger partial charge in [-0.1, -0.05) is 55.3 Å². The second-order valence-corrected chi connectivity index (χ2v) is 6.48. The fourth-order valence-corrected chi connectivity index (χ4v) is 2.87. The number of carboxylic acids is 1. The van der Waals surface area contributed by atoms with E-state index in [1.807, 2.05) is 0 Å². The molecule has 0 amide bonds. The number of rotatable bonds is 7. The number of benzene rings is 2. The lowest BCUT2D eigenvalue weighted by atomic mass is 9.99. The molecule has 0 bridgehead atoms. The molecule has 2 N–H and O–H groups in total. The summed E-state index contributed by atoms with van der Waals surface area (Å²) in [4.78, 5) is 11.2. The van der Waals surface area contributed by atoms with Gasteiger partial charge in [-0.15, -0.1) is 0 Å². The maximum atomic E-state index is 13.5. The molecule has 0 aliphatic rings. The lowest BCUT2D eigenvalue weighted by molar-refractivity contribution is -0.163.